The number of ether oxygens (including phenoxy) is 1. The summed E-state index contributed by atoms with van der Waals surface area (Å²) in [6.45, 7) is 5.60. The van der Waals surface area contributed by atoms with Crippen LogP contribution in [0.25, 0.3) is 0 Å². The predicted octanol–water partition coefficient (Wildman–Crippen LogP) is 4.62. The first-order chi connectivity index (χ1) is 7.70. The zero-order chi connectivity index (χ0) is 12.2. The molecule has 0 spiro atoms. The molecule has 0 aliphatic carbocycles. The molecule has 0 saturated heterocycles. The molecule has 16 heavy (non-hydrogen) atoms. The van der Waals surface area contributed by atoms with E-state index in [1.165, 1.54) is 44.6 Å². The van der Waals surface area contributed by atoms with E-state index in [-0.39, 0.29) is 10.1 Å². The lowest BCUT2D eigenvalue weighted by Crippen LogP contribution is -2.09. The highest BCUT2D eigenvalue weighted by atomic mass is 127. The van der Waals surface area contributed by atoms with Crippen LogP contribution in [0.15, 0.2) is 12.7 Å². The number of hydrogen-bond donors (Lipinski definition) is 0. The second kappa shape index (κ2) is 11.4. The molecule has 0 amide bonds. The number of unbranched alkanes of at least 4 members (excludes halogenated alkanes) is 6. The Kier molecular flexibility index (Phi) is 11.4. The zero-order valence-electron chi connectivity index (χ0n) is 10.2. The van der Waals surface area contributed by atoms with Crippen molar-refractivity contribution in [1.82, 2.24) is 0 Å². The van der Waals surface area contributed by atoms with E-state index in [0.717, 1.165) is 12.8 Å². The van der Waals surface area contributed by atoms with Crippen molar-refractivity contribution in [3.05, 3.63) is 12.7 Å². The first kappa shape index (κ1) is 15.9. The third-order valence-electron chi connectivity index (χ3n) is 2.45. The molecule has 0 bridgehead atoms. The van der Waals surface area contributed by atoms with Crippen molar-refractivity contribution in [3.63, 3.8) is 0 Å². The first-order valence-electron chi connectivity index (χ1n) is 6.17. The molecule has 0 saturated carbocycles. The standard InChI is InChI=1S/C13H23IO2/c1-3-5-6-7-8-9-10-11-12(14)16-13(15)4-2/h4,12H,2-3,5-11H2,1H3. The summed E-state index contributed by atoms with van der Waals surface area (Å²) in [6, 6.07) is 0. The Hall–Kier alpha value is -0.0600. The summed E-state index contributed by atoms with van der Waals surface area (Å²) < 4.78 is 5.07. The van der Waals surface area contributed by atoms with E-state index >= 15 is 0 Å². The summed E-state index contributed by atoms with van der Waals surface area (Å²) >= 11 is 2.16. The number of rotatable bonds is 10. The fraction of sp³-hybridized carbons (Fsp3) is 0.769. The Morgan fingerprint density at radius 1 is 1.25 bits per heavy atom. The Bertz CT molecular complexity index is 192. The van der Waals surface area contributed by atoms with Crippen molar-refractivity contribution in [1.29, 1.82) is 0 Å². The zero-order valence-corrected chi connectivity index (χ0v) is 12.4. The molecule has 1 unspecified atom stereocenters. The van der Waals surface area contributed by atoms with Crippen molar-refractivity contribution in [2.45, 2.75) is 62.4 Å². The number of hydrogen-bond acceptors (Lipinski definition) is 2. The van der Waals surface area contributed by atoms with Gasteiger partial charge in [0.1, 0.15) is 0 Å². The van der Waals surface area contributed by atoms with Crippen LogP contribution in [0.2, 0.25) is 0 Å². The molecule has 0 radical (unpaired) electrons. The first-order valence-corrected chi connectivity index (χ1v) is 7.42. The smallest absolute Gasteiger partial charge is 0.331 e. The Morgan fingerprint density at radius 3 is 2.38 bits per heavy atom. The molecular weight excluding hydrogens is 315 g/mol. The minimum Gasteiger partial charge on any atom is -0.449 e. The fourth-order valence-corrected chi connectivity index (χ4v) is 2.19. The van der Waals surface area contributed by atoms with Crippen LogP contribution in [0.5, 0.6) is 0 Å². The van der Waals surface area contributed by atoms with Gasteiger partial charge in [0.15, 0.2) is 4.11 Å². The van der Waals surface area contributed by atoms with Gasteiger partial charge >= 0.3 is 5.97 Å². The highest BCUT2D eigenvalue weighted by molar-refractivity contribution is 14.1. The van der Waals surface area contributed by atoms with E-state index in [4.69, 9.17) is 4.74 Å². The lowest BCUT2D eigenvalue weighted by Gasteiger charge is -2.09. The van der Waals surface area contributed by atoms with Crippen LogP contribution in [0.1, 0.15) is 58.3 Å². The summed E-state index contributed by atoms with van der Waals surface area (Å²) in [5, 5.41) is 0. The summed E-state index contributed by atoms with van der Waals surface area (Å²) in [4.78, 5) is 10.9. The normalized spacial score (nSPS) is 12.1. The van der Waals surface area contributed by atoms with Crippen molar-refractivity contribution < 1.29 is 9.53 Å². The lowest BCUT2D eigenvalue weighted by atomic mass is 10.1. The molecule has 0 rings (SSSR count). The van der Waals surface area contributed by atoms with Crippen LogP contribution in [0.4, 0.5) is 0 Å². The molecule has 94 valence electrons. The highest BCUT2D eigenvalue weighted by Crippen LogP contribution is 2.15. The van der Waals surface area contributed by atoms with Gasteiger partial charge in [-0.25, -0.2) is 4.79 Å². The number of carbonyl (C=O) groups excluding carboxylic acids is 1. The van der Waals surface area contributed by atoms with Crippen molar-refractivity contribution in [3.8, 4) is 0 Å². The van der Waals surface area contributed by atoms with Gasteiger partial charge in [-0.1, -0.05) is 52.0 Å². The maximum atomic E-state index is 10.9. The van der Waals surface area contributed by atoms with E-state index in [9.17, 15) is 4.79 Å². The summed E-state index contributed by atoms with van der Waals surface area (Å²) in [5.74, 6) is -0.317. The Balaban J connectivity index is 3.24. The molecule has 0 N–H and O–H groups in total. The van der Waals surface area contributed by atoms with Crippen LogP contribution in [-0.2, 0) is 9.53 Å². The van der Waals surface area contributed by atoms with Gasteiger partial charge < -0.3 is 4.74 Å². The summed E-state index contributed by atoms with van der Waals surface area (Å²) in [6.07, 6.45) is 11.2. The molecule has 0 aromatic heterocycles. The Labute approximate surface area is 113 Å². The van der Waals surface area contributed by atoms with E-state index in [1.807, 2.05) is 0 Å². The van der Waals surface area contributed by atoms with Gasteiger partial charge in [0.2, 0.25) is 0 Å². The quantitative estimate of drug-likeness (QED) is 0.191. The van der Waals surface area contributed by atoms with Crippen LogP contribution in [0.3, 0.4) is 0 Å². The van der Waals surface area contributed by atoms with Crippen molar-refractivity contribution in [2.75, 3.05) is 0 Å². The maximum absolute atomic E-state index is 10.9. The molecule has 0 aliphatic rings. The van der Waals surface area contributed by atoms with Gasteiger partial charge in [0.05, 0.1) is 0 Å². The average Bonchev–Trinajstić information content (AvgIpc) is 2.27. The SMILES string of the molecule is C=CC(=O)OC(I)CCCCCCCCC. The van der Waals surface area contributed by atoms with Gasteiger partial charge in [-0.15, -0.1) is 0 Å². The largest absolute Gasteiger partial charge is 0.449 e. The number of esters is 1. The molecular formula is C13H23IO2. The average molecular weight is 338 g/mol. The molecule has 3 heteroatoms. The molecule has 1 atom stereocenters. The monoisotopic (exact) mass is 338 g/mol. The molecule has 2 nitrogen and oxygen atoms in total. The van der Waals surface area contributed by atoms with Crippen molar-refractivity contribution in [2.24, 2.45) is 0 Å². The second-order valence-corrected chi connectivity index (χ2v) is 5.35. The lowest BCUT2D eigenvalue weighted by molar-refractivity contribution is -0.138. The van der Waals surface area contributed by atoms with E-state index in [1.54, 1.807) is 0 Å². The second-order valence-electron chi connectivity index (χ2n) is 3.96. The molecule has 0 heterocycles. The fourth-order valence-electron chi connectivity index (χ4n) is 1.50. The van der Waals surface area contributed by atoms with Crippen LogP contribution < -0.4 is 0 Å². The highest BCUT2D eigenvalue weighted by Gasteiger charge is 2.06. The van der Waals surface area contributed by atoms with Gasteiger partial charge in [-0.05, 0) is 35.4 Å². The molecule has 0 aromatic rings. The number of carbonyl (C=O) groups is 1. The van der Waals surface area contributed by atoms with Crippen LogP contribution >= 0.6 is 22.6 Å². The van der Waals surface area contributed by atoms with E-state index in [2.05, 4.69) is 36.1 Å². The van der Waals surface area contributed by atoms with Crippen molar-refractivity contribution >= 4 is 28.6 Å². The molecule has 0 fully saturated rings. The topological polar surface area (TPSA) is 26.3 Å². The minimum absolute atomic E-state index is 0.00116. The van der Waals surface area contributed by atoms with Gasteiger partial charge in [-0.3, -0.25) is 0 Å². The predicted molar refractivity (Wildman–Crippen MR) is 76.7 cm³/mol. The number of halogens is 1. The van der Waals surface area contributed by atoms with Crippen LogP contribution in [-0.4, -0.2) is 10.1 Å². The van der Waals surface area contributed by atoms with E-state index in [0.29, 0.717) is 0 Å². The van der Waals surface area contributed by atoms with Crippen LogP contribution in [0, 0.1) is 0 Å². The third kappa shape index (κ3) is 10.5. The van der Waals surface area contributed by atoms with Gasteiger partial charge in [0.25, 0.3) is 0 Å². The van der Waals surface area contributed by atoms with Gasteiger partial charge in [-0.2, -0.15) is 0 Å². The van der Waals surface area contributed by atoms with Gasteiger partial charge in [0, 0.05) is 6.08 Å². The maximum Gasteiger partial charge on any atom is 0.331 e. The summed E-state index contributed by atoms with van der Waals surface area (Å²) in [5.41, 5.74) is 0. The van der Waals surface area contributed by atoms with E-state index < -0.39 is 0 Å². The summed E-state index contributed by atoms with van der Waals surface area (Å²) in [7, 11) is 0. The molecule has 0 aliphatic heterocycles. The number of alkyl halides is 1. The molecule has 0 aromatic carbocycles. The Morgan fingerprint density at radius 2 is 1.81 bits per heavy atom. The third-order valence-corrected chi connectivity index (χ3v) is 3.32. The minimum atomic E-state index is -0.317.